The summed E-state index contributed by atoms with van der Waals surface area (Å²) in [4.78, 5) is 11.7. The second kappa shape index (κ2) is 6.93. The van der Waals surface area contributed by atoms with E-state index in [1.165, 1.54) is 42.5 Å². The minimum absolute atomic E-state index is 0.248. The minimum Gasteiger partial charge on any atom is -0.465 e. The third-order valence-electron chi connectivity index (χ3n) is 5.12. The molecule has 2 aliphatic rings. The van der Waals surface area contributed by atoms with Crippen LogP contribution < -0.4 is 5.32 Å². The molecule has 1 N–H and O–H groups in total. The van der Waals surface area contributed by atoms with Crippen molar-refractivity contribution in [3.05, 3.63) is 64.2 Å². The minimum atomic E-state index is -0.297. The number of hydrogen-bond acceptors (Lipinski definition) is 4. The fourth-order valence-corrected chi connectivity index (χ4v) is 5.60. The molecule has 0 saturated carbocycles. The standard InChI is InChI=1S/C20H20ClNO2S/c1-24-20(23)13-6-4-12(5-7-13)18-15-3-2-10-25-19(15)16-11-14(21)8-9-17(16)22-18/h4-9,11,15,18-19,22H,2-3,10H2,1H3/t15-,18-,19-/m1/s1. The monoisotopic (exact) mass is 373 g/mol. The lowest BCUT2D eigenvalue weighted by Gasteiger charge is -2.43. The fraction of sp³-hybridized carbons (Fsp3) is 0.350. The van der Waals surface area contributed by atoms with Crippen LogP contribution in [0.3, 0.4) is 0 Å². The second-order valence-corrected chi connectivity index (χ2v) is 8.25. The third-order valence-corrected chi connectivity index (χ3v) is 6.84. The number of fused-ring (bicyclic) bond motifs is 3. The predicted molar refractivity (Wildman–Crippen MR) is 104 cm³/mol. The maximum Gasteiger partial charge on any atom is 0.337 e. The first-order valence-electron chi connectivity index (χ1n) is 8.53. The molecule has 130 valence electrons. The van der Waals surface area contributed by atoms with Crippen molar-refractivity contribution in [3.8, 4) is 0 Å². The molecule has 0 spiro atoms. The Bertz CT molecular complexity index is 793. The Morgan fingerprint density at radius 2 is 2.04 bits per heavy atom. The summed E-state index contributed by atoms with van der Waals surface area (Å²) in [6, 6.07) is 14.2. The lowest BCUT2D eigenvalue weighted by molar-refractivity contribution is 0.0600. The molecule has 0 aromatic heterocycles. The highest BCUT2D eigenvalue weighted by molar-refractivity contribution is 7.99. The number of thioether (sulfide) groups is 1. The molecule has 4 rings (SSSR count). The smallest absolute Gasteiger partial charge is 0.337 e. The molecule has 0 amide bonds. The van der Waals surface area contributed by atoms with Crippen molar-refractivity contribution in [2.45, 2.75) is 24.1 Å². The van der Waals surface area contributed by atoms with E-state index >= 15 is 0 Å². The zero-order valence-corrected chi connectivity index (χ0v) is 15.6. The van der Waals surface area contributed by atoms with E-state index < -0.39 is 0 Å². The van der Waals surface area contributed by atoms with Gasteiger partial charge in [-0.3, -0.25) is 0 Å². The number of benzene rings is 2. The van der Waals surface area contributed by atoms with Crippen molar-refractivity contribution < 1.29 is 9.53 Å². The van der Waals surface area contributed by atoms with Gasteiger partial charge in [-0.25, -0.2) is 4.79 Å². The molecule has 3 nitrogen and oxygen atoms in total. The molecule has 5 heteroatoms. The van der Waals surface area contributed by atoms with Crippen molar-refractivity contribution in [2.24, 2.45) is 5.92 Å². The van der Waals surface area contributed by atoms with Crippen LogP contribution in [0, 0.1) is 5.92 Å². The molecule has 25 heavy (non-hydrogen) atoms. The Morgan fingerprint density at radius 3 is 2.80 bits per heavy atom. The molecule has 3 atom stereocenters. The van der Waals surface area contributed by atoms with Crippen LogP contribution in [-0.2, 0) is 4.74 Å². The first-order chi connectivity index (χ1) is 12.2. The van der Waals surface area contributed by atoms with E-state index in [0.717, 1.165) is 5.02 Å². The first kappa shape index (κ1) is 16.8. The van der Waals surface area contributed by atoms with Crippen LogP contribution in [0.15, 0.2) is 42.5 Å². The maximum atomic E-state index is 11.7. The van der Waals surface area contributed by atoms with Crippen molar-refractivity contribution in [3.63, 3.8) is 0 Å². The van der Waals surface area contributed by atoms with Gasteiger partial charge < -0.3 is 10.1 Å². The lowest BCUT2D eigenvalue weighted by Crippen LogP contribution is -2.32. The van der Waals surface area contributed by atoms with Gasteiger partial charge in [0.2, 0.25) is 0 Å². The molecule has 0 bridgehead atoms. The zero-order chi connectivity index (χ0) is 17.4. The van der Waals surface area contributed by atoms with Gasteiger partial charge in [-0.2, -0.15) is 11.8 Å². The SMILES string of the molecule is COC(=O)c1ccc([C@H]2Nc3ccc(Cl)cc3[C@@H]3SCCC[C@H]23)cc1. The molecular weight excluding hydrogens is 354 g/mol. The average Bonchev–Trinajstić information content (AvgIpc) is 2.67. The van der Waals surface area contributed by atoms with E-state index in [1.54, 1.807) is 0 Å². The van der Waals surface area contributed by atoms with E-state index in [2.05, 4.69) is 17.4 Å². The van der Waals surface area contributed by atoms with Crippen LogP contribution in [0.4, 0.5) is 5.69 Å². The van der Waals surface area contributed by atoms with Gasteiger partial charge in [0.25, 0.3) is 0 Å². The highest BCUT2D eigenvalue weighted by Crippen LogP contribution is 2.54. The number of carbonyl (C=O) groups is 1. The molecule has 2 aliphatic heterocycles. The van der Waals surface area contributed by atoms with Crippen LogP contribution >= 0.6 is 23.4 Å². The summed E-state index contributed by atoms with van der Waals surface area (Å²) in [6.45, 7) is 0. The van der Waals surface area contributed by atoms with Gasteiger partial charge in [-0.1, -0.05) is 23.7 Å². The highest BCUT2D eigenvalue weighted by atomic mass is 35.5. The summed E-state index contributed by atoms with van der Waals surface area (Å²) in [5.41, 5.74) is 4.29. The Labute approximate surface area is 157 Å². The van der Waals surface area contributed by atoms with Crippen LogP contribution in [0.5, 0.6) is 0 Å². The van der Waals surface area contributed by atoms with E-state index in [1.807, 2.05) is 42.1 Å². The van der Waals surface area contributed by atoms with Gasteiger partial charge in [0.15, 0.2) is 0 Å². The Kier molecular flexibility index (Phi) is 4.65. The van der Waals surface area contributed by atoms with E-state index in [0.29, 0.717) is 16.7 Å². The molecule has 1 saturated heterocycles. The highest BCUT2D eigenvalue weighted by Gasteiger charge is 2.39. The largest absolute Gasteiger partial charge is 0.465 e. The molecule has 0 unspecified atom stereocenters. The summed E-state index contributed by atoms with van der Waals surface area (Å²) >= 11 is 8.28. The maximum absolute atomic E-state index is 11.7. The third kappa shape index (κ3) is 3.13. The van der Waals surface area contributed by atoms with Crippen molar-refractivity contribution in [2.75, 3.05) is 18.2 Å². The topological polar surface area (TPSA) is 38.3 Å². The molecular formula is C20H20ClNO2S. The number of rotatable bonds is 2. The van der Waals surface area contributed by atoms with E-state index in [-0.39, 0.29) is 12.0 Å². The first-order valence-corrected chi connectivity index (χ1v) is 9.96. The second-order valence-electron chi connectivity index (χ2n) is 6.56. The normalized spacial score (nSPS) is 24.6. The average molecular weight is 374 g/mol. The van der Waals surface area contributed by atoms with Gasteiger partial charge in [-0.05, 0) is 66.0 Å². The number of anilines is 1. The van der Waals surface area contributed by atoms with Gasteiger partial charge >= 0.3 is 5.97 Å². The summed E-state index contributed by atoms with van der Waals surface area (Å²) in [6.07, 6.45) is 2.43. The van der Waals surface area contributed by atoms with Crippen LogP contribution in [0.25, 0.3) is 0 Å². The van der Waals surface area contributed by atoms with Gasteiger partial charge in [-0.15, -0.1) is 0 Å². The van der Waals surface area contributed by atoms with E-state index in [4.69, 9.17) is 16.3 Å². The Morgan fingerprint density at radius 1 is 1.24 bits per heavy atom. The van der Waals surface area contributed by atoms with Crippen LogP contribution in [0.1, 0.15) is 45.6 Å². The number of halogens is 1. The number of methoxy groups -OCH3 is 1. The van der Waals surface area contributed by atoms with Crippen molar-refractivity contribution >= 4 is 35.0 Å². The van der Waals surface area contributed by atoms with Crippen molar-refractivity contribution in [1.29, 1.82) is 0 Å². The van der Waals surface area contributed by atoms with Gasteiger partial charge in [0.05, 0.1) is 18.7 Å². The lowest BCUT2D eigenvalue weighted by atomic mass is 9.80. The van der Waals surface area contributed by atoms with Gasteiger partial charge in [0.1, 0.15) is 0 Å². The molecule has 0 aliphatic carbocycles. The quantitative estimate of drug-likeness (QED) is 0.707. The number of carbonyl (C=O) groups excluding carboxylic acids is 1. The van der Waals surface area contributed by atoms with Crippen molar-refractivity contribution in [1.82, 2.24) is 0 Å². The van der Waals surface area contributed by atoms with Gasteiger partial charge in [0, 0.05) is 16.0 Å². The zero-order valence-electron chi connectivity index (χ0n) is 14.0. The number of nitrogens with one attached hydrogen (secondary N) is 1. The Hall–Kier alpha value is -1.65. The molecule has 2 aromatic rings. The number of ether oxygens (including phenoxy) is 1. The molecule has 0 radical (unpaired) electrons. The molecule has 1 fully saturated rings. The molecule has 2 aromatic carbocycles. The van der Waals surface area contributed by atoms with E-state index in [9.17, 15) is 4.79 Å². The summed E-state index contributed by atoms with van der Waals surface area (Å²) in [7, 11) is 1.41. The number of hydrogen-bond donors (Lipinski definition) is 1. The fourth-order valence-electron chi connectivity index (χ4n) is 3.92. The molecule has 2 heterocycles. The van der Waals surface area contributed by atoms with Crippen LogP contribution in [-0.4, -0.2) is 18.8 Å². The Balaban J connectivity index is 1.69. The summed E-state index contributed by atoms with van der Waals surface area (Å²) in [5.74, 6) is 1.42. The van der Waals surface area contributed by atoms with Crippen LogP contribution in [0.2, 0.25) is 5.02 Å². The predicted octanol–water partition coefficient (Wildman–Crippen LogP) is 5.48. The summed E-state index contributed by atoms with van der Waals surface area (Å²) < 4.78 is 4.79. The number of esters is 1. The summed E-state index contributed by atoms with van der Waals surface area (Å²) in [5, 5.41) is 4.98.